The monoisotopic (exact) mass is 391 g/mol. The minimum Gasteiger partial charge on any atom is -0.384 e. The number of halogens is 2. The topological polar surface area (TPSA) is 33.1 Å². The van der Waals surface area contributed by atoms with E-state index in [0.29, 0.717) is 0 Å². The number of hydrogen-bond acceptors (Lipinski definition) is 2. The van der Waals surface area contributed by atoms with Crippen molar-refractivity contribution in [3.05, 3.63) is 74.9 Å². The van der Waals surface area contributed by atoms with Crippen molar-refractivity contribution in [2.45, 2.75) is 6.10 Å². The Morgan fingerprint density at radius 3 is 2.65 bits per heavy atom. The Balaban J connectivity index is 2.15. The van der Waals surface area contributed by atoms with Gasteiger partial charge >= 0.3 is 0 Å². The van der Waals surface area contributed by atoms with E-state index in [1.807, 2.05) is 48.7 Å². The first-order valence-electron chi connectivity index (χ1n) is 6.12. The number of aliphatic hydroxyl groups is 1. The van der Waals surface area contributed by atoms with Gasteiger partial charge in [0, 0.05) is 26.7 Å². The highest BCUT2D eigenvalue weighted by Crippen LogP contribution is 2.33. The van der Waals surface area contributed by atoms with E-state index in [9.17, 15) is 5.11 Å². The molecular weight excluding hydrogens is 382 g/mol. The molecule has 0 saturated heterocycles. The third-order valence-electron chi connectivity index (χ3n) is 3.27. The van der Waals surface area contributed by atoms with Crippen LogP contribution in [0.4, 0.5) is 0 Å². The molecule has 4 heteroatoms. The first-order chi connectivity index (χ1) is 9.66. The molecule has 0 radical (unpaired) electrons. The maximum atomic E-state index is 10.7. The number of aliphatic hydroxyl groups excluding tert-OH is 1. The number of nitrogens with zero attached hydrogens (tertiary/aromatic N) is 1. The molecule has 0 aliphatic rings. The fourth-order valence-corrected chi connectivity index (χ4v) is 3.54. The summed E-state index contributed by atoms with van der Waals surface area (Å²) < 4.78 is 1.85. The van der Waals surface area contributed by atoms with Crippen LogP contribution < -0.4 is 0 Å². The summed E-state index contributed by atoms with van der Waals surface area (Å²) in [5.74, 6) is 0. The van der Waals surface area contributed by atoms with Crippen molar-refractivity contribution < 1.29 is 5.11 Å². The van der Waals surface area contributed by atoms with Gasteiger partial charge in [0.15, 0.2) is 0 Å². The number of pyridine rings is 1. The summed E-state index contributed by atoms with van der Waals surface area (Å²) in [6.07, 6.45) is 2.88. The molecule has 0 fully saturated rings. The van der Waals surface area contributed by atoms with Crippen molar-refractivity contribution in [3.63, 3.8) is 0 Å². The van der Waals surface area contributed by atoms with E-state index < -0.39 is 6.10 Å². The predicted octanol–water partition coefficient (Wildman–Crippen LogP) is 4.84. The van der Waals surface area contributed by atoms with Gasteiger partial charge in [-0.25, -0.2) is 0 Å². The van der Waals surface area contributed by atoms with Crippen LogP contribution in [0.15, 0.2) is 63.8 Å². The van der Waals surface area contributed by atoms with Gasteiger partial charge in [0.05, 0.1) is 0 Å². The highest BCUT2D eigenvalue weighted by molar-refractivity contribution is 9.11. The SMILES string of the molecule is OC(c1ccc(Br)cc1Br)c1cccc2cnccc12. The molecule has 1 N–H and O–H groups in total. The van der Waals surface area contributed by atoms with Crippen molar-refractivity contribution in [2.75, 3.05) is 0 Å². The summed E-state index contributed by atoms with van der Waals surface area (Å²) in [6.45, 7) is 0. The zero-order valence-corrected chi connectivity index (χ0v) is 13.6. The van der Waals surface area contributed by atoms with E-state index >= 15 is 0 Å². The third-order valence-corrected chi connectivity index (χ3v) is 4.45. The molecule has 0 amide bonds. The quantitative estimate of drug-likeness (QED) is 0.676. The maximum absolute atomic E-state index is 10.7. The van der Waals surface area contributed by atoms with Crippen LogP contribution in [0.1, 0.15) is 17.2 Å². The van der Waals surface area contributed by atoms with Crippen LogP contribution in [-0.4, -0.2) is 10.1 Å². The Morgan fingerprint density at radius 1 is 1.00 bits per heavy atom. The molecule has 3 rings (SSSR count). The van der Waals surface area contributed by atoms with Crippen LogP contribution in [0.25, 0.3) is 10.8 Å². The summed E-state index contributed by atoms with van der Waals surface area (Å²) in [4.78, 5) is 4.12. The molecule has 0 saturated carbocycles. The molecule has 2 nitrogen and oxygen atoms in total. The van der Waals surface area contributed by atoms with E-state index in [-0.39, 0.29) is 0 Å². The van der Waals surface area contributed by atoms with Gasteiger partial charge in [-0.1, -0.05) is 56.1 Å². The zero-order chi connectivity index (χ0) is 14.1. The number of hydrogen-bond donors (Lipinski definition) is 1. The molecule has 0 bridgehead atoms. The second-order valence-electron chi connectivity index (χ2n) is 4.51. The minimum atomic E-state index is -0.677. The van der Waals surface area contributed by atoms with Crippen molar-refractivity contribution in [1.82, 2.24) is 4.98 Å². The Labute approximate surface area is 133 Å². The van der Waals surface area contributed by atoms with Crippen LogP contribution in [0.3, 0.4) is 0 Å². The third kappa shape index (κ3) is 2.51. The lowest BCUT2D eigenvalue weighted by atomic mass is 9.97. The largest absolute Gasteiger partial charge is 0.384 e. The average Bonchev–Trinajstić information content (AvgIpc) is 2.46. The first kappa shape index (κ1) is 13.7. The minimum absolute atomic E-state index is 0.677. The predicted molar refractivity (Wildman–Crippen MR) is 87.6 cm³/mol. The molecule has 1 aromatic heterocycles. The van der Waals surface area contributed by atoms with Gasteiger partial charge in [-0.3, -0.25) is 4.98 Å². The normalized spacial score (nSPS) is 12.6. The van der Waals surface area contributed by atoms with E-state index in [2.05, 4.69) is 36.8 Å². The number of benzene rings is 2. The van der Waals surface area contributed by atoms with Crippen LogP contribution in [-0.2, 0) is 0 Å². The summed E-state index contributed by atoms with van der Waals surface area (Å²) in [5, 5.41) is 12.7. The summed E-state index contributed by atoms with van der Waals surface area (Å²) in [5.41, 5.74) is 1.73. The van der Waals surface area contributed by atoms with Crippen LogP contribution in [0.5, 0.6) is 0 Å². The lowest BCUT2D eigenvalue weighted by molar-refractivity contribution is 0.221. The van der Waals surface area contributed by atoms with E-state index in [1.165, 1.54) is 0 Å². The standard InChI is InChI=1S/C16H11Br2NO/c17-11-4-5-14(15(18)8-11)16(20)13-3-1-2-10-9-19-7-6-12(10)13/h1-9,16,20H. The lowest BCUT2D eigenvalue weighted by Crippen LogP contribution is -2.01. The van der Waals surface area contributed by atoms with Gasteiger partial charge in [-0.2, -0.15) is 0 Å². The van der Waals surface area contributed by atoms with E-state index in [4.69, 9.17) is 0 Å². The maximum Gasteiger partial charge on any atom is 0.106 e. The van der Waals surface area contributed by atoms with Crippen LogP contribution in [0, 0.1) is 0 Å². The Bertz CT molecular complexity index is 768. The number of fused-ring (bicyclic) bond motifs is 1. The van der Waals surface area contributed by atoms with E-state index in [0.717, 1.165) is 30.8 Å². The van der Waals surface area contributed by atoms with Crippen molar-refractivity contribution >= 4 is 42.6 Å². The molecule has 3 aromatic rings. The Morgan fingerprint density at radius 2 is 1.85 bits per heavy atom. The first-order valence-corrected chi connectivity index (χ1v) is 7.71. The fourth-order valence-electron chi connectivity index (χ4n) is 2.28. The molecule has 0 aliphatic carbocycles. The number of rotatable bonds is 2. The molecule has 100 valence electrons. The molecule has 1 heterocycles. The Hall–Kier alpha value is -1.23. The molecule has 1 unspecified atom stereocenters. The van der Waals surface area contributed by atoms with Crippen LogP contribution in [0.2, 0.25) is 0 Å². The summed E-state index contributed by atoms with van der Waals surface area (Å²) >= 11 is 6.93. The Kier molecular flexibility index (Phi) is 3.87. The molecule has 0 aliphatic heterocycles. The second-order valence-corrected chi connectivity index (χ2v) is 6.28. The smallest absolute Gasteiger partial charge is 0.106 e. The highest BCUT2D eigenvalue weighted by atomic mass is 79.9. The van der Waals surface area contributed by atoms with Crippen molar-refractivity contribution in [2.24, 2.45) is 0 Å². The van der Waals surface area contributed by atoms with Gasteiger partial charge in [0.1, 0.15) is 6.10 Å². The molecule has 2 aromatic carbocycles. The zero-order valence-electron chi connectivity index (χ0n) is 10.4. The van der Waals surface area contributed by atoms with Crippen LogP contribution >= 0.6 is 31.9 Å². The number of aromatic nitrogens is 1. The fraction of sp³-hybridized carbons (Fsp3) is 0.0625. The van der Waals surface area contributed by atoms with Gasteiger partial charge in [-0.05, 0) is 34.7 Å². The highest BCUT2D eigenvalue weighted by Gasteiger charge is 2.16. The van der Waals surface area contributed by atoms with Gasteiger partial charge in [0.2, 0.25) is 0 Å². The van der Waals surface area contributed by atoms with Crippen molar-refractivity contribution in [1.29, 1.82) is 0 Å². The molecular formula is C16H11Br2NO. The van der Waals surface area contributed by atoms with Gasteiger partial charge in [0.25, 0.3) is 0 Å². The second kappa shape index (κ2) is 5.64. The average molecular weight is 393 g/mol. The van der Waals surface area contributed by atoms with Gasteiger partial charge in [-0.15, -0.1) is 0 Å². The van der Waals surface area contributed by atoms with Gasteiger partial charge < -0.3 is 5.11 Å². The summed E-state index contributed by atoms with van der Waals surface area (Å²) in [6, 6.07) is 13.6. The van der Waals surface area contributed by atoms with E-state index in [1.54, 1.807) is 6.20 Å². The molecule has 1 atom stereocenters. The molecule has 0 spiro atoms. The van der Waals surface area contributed by atoms with Crippen molar-refractivity contribution in [3.8, 4) is 0 Å². The summed E-state index contributed by atoms with van der Waals surface area (Å²) in [7, 11) is 0. The molecule has 20 heavy (non-hydrogen) atoms. The lowest BCUT2D eigenvalue weighted by Gasteiger charge is -2.15.